The molecule has 0 saturated heterocycles. The Kier molecular flexibility index (Phi) is 4.94. The van der Waals surface area contributed by atoms with Crippen LogP contribution in [0.3, 0.4) is 0 Å². The van der Waals surface area contributed by atoms with Crippen LogP contribution in [0.5, 0.6) is 5.75 Å². The third-order valence-electron chi connectivity index (χ3n) is 3.44. The van der Waals surface area contributed by atoms with E-state index in [1.54, 1.807) is 12.1 Å². The van der Waals surface area contributed by atoms with Crippen molar-refractivity contribution < 1.29 is 15.0 Å². The molecule has 23 heavy (non-hydrogen) atoms. The summed E-state index contributed by atoms with van der Waals surface area (Å²) >= 11 is 0. The first kappa shape index (κ1) is 16.9. The van der Waals surface area contributed by atoms with Gasteiger partial charge in [-0.1, -0.05) is 51.1 Å². The Morgan fingerprint density at radius 1 is 1.04 bits per heavy atom. The largest absolute Gasteiger partial charge is 0.508 e. The Morgan fingerprint density at radius 3 is 2.26 bits per heavy atom. The van der Waals surface area contributed by atoms with Gasteiger partial charge in [0.1, 0.15) is 5.75 Å². The molecule has 0 radical (unpaired) electrons. The van der Waals surface area contributed by atoms with Gasteiger partial charge in [-0.3, -0.25) is 0 Å². The number of rotatable bonds is 4. The number of phenolic OH excluding ortho intramolecular Hbond substituents is 1. The quantitative estimate of drug-likeness (QED) is 0.868. The second-order valence-corrected chi connectivity index (χ2v) is 6.95. The SMILES string of the molecule is CC(C)(C)CN(Cc1cccc(-c2ccc(O)cc2)c1)C(=O)O. The maximum Gasteiger partial charge on any atom is 0.407 e. The van der Waals surface area contributed by atoms with E-state index in [0.29, 0.717) is 13.1 Å². The predicted molar refractivity (Wildman–Crippen MR) is 91.4 cm³/mol. The fourth-order valence-corrected chi connectivity index (χ4v) is 2.49. The van der Waals surface area contributed by atoms with Crippen molar-refractivity contribution in [3.63, 3.8) is 0 Å². The first-order valence-electron chi connectivity index (χ1n) is 7.61. The summed E-state index contributed by atoms with van der Waals surface area (Å²) in [4.78, 5) is 12.9. The summed E-state index contributed by atoms with van der Waals surface area (Å²) in [6, 6.07) is 14.8. The molecule has 0 fully saturated rings. The number of benzene rings is 2. The second-order valence-electron chi connectivity index (χ2n) is 6.95. The summed E-state index contributed by atoms with van der Waals surface area (Å²) in [5, 5.41) is 18.8. The molecule has 122 valence electrons. The lowest BCUT2D eigenvalue weighted by Gasteiger charge is -2.28. The topological polar surface area (TPSA) is 60.8 Å². The molecule has 0 aliphatic carbocycles. The number of carbonyl (C=O) groups is 1. The van der Waals surface area contributed by atoms with Crippen molar-refractivity contribution in [1.82, 2.24) is 4.90 Å². The van der Waals surface area contributed by atoms with Crippen LogP contribution in [-0.2, 0) is 6.54 Å². The van der Waals surface area contributed by atoms with Gasteiger partial charge in [0.05, 0.1) is 0 Å². The van der Waals surface area contributed by atoms with Crippen molar-refractivity contribution >= 4 is 6.09 Å². The number of phenols is 1. The van der Waals surface area contributed by atoms with Gasteiger partial charge in [-0.2, -0.15) is 0 Å². The predicted octanol–water partition coefficient (Wildman–Crippen LogP) is 4.59. The standard InChI is InChI=1S/C19H23NO3/c1-19(2,3)13-20(18(22)23)12-14-5-4-6-16(11-14)15-7-9-17(21)10-8-15/h4-11,21H,12-13H2,1-3H3,(H,22,23). The van der Waals surface area contributed by atoms with Crippen LogP contribution < -0.4 is 0 Å². The van der Waals surface area contributed by atoms with Crippen LogP contribution in [-0.4, -0.2) is 27.8 Å². The average Bonchev–Trinajstić information content (AvgIpc) is 2.46. The lowest BCUT2D eigenvalue weighted by molar-refractivity contribution is 0.123. The molecule has 2 aromatic carbocycles. The fraction of sp³-hybridized carbons (Fsp3) is 0.316. The van der Waals surface area contributed by atoms with Crippen molar-refractivity contribution in [2.45, 2.75) is 27.3 Å². The van der Waals surface area contributed by atoms with Crippen LogP contribution in [0.2, 0.25) is 0 Å². The van der Waals surface area contributed by atoms with Gasteiger partial charge in [0.15, 0.2) is 0 Å². The summed E-state index contributed by atoms with van der Waals surface area (Å²) in [5.41, 5.74) is 2.85. The minimum atomic E-state index is -0.907. The highest BCUT2D eigenvalue weighted by Crippen LogP contribution is 2.24. The molecule has 0 heterocycles. The Labute approximate surface area is 137 Å². The van der Waals surface area contributed by atoms with Crippen molar-refractivity contribution in [2.24, 2.45) is 5.41 Å². The van der Waals surface area contributed by atoms with Crippen LogP contribution in [0.15, 0.2) is 48.5 Å². The maximum absolute atomic E-state index is 11.5. The van der Waals surface area contributed by atoms with Crippen LogP contribution >= 0.6 is 0 Å². The second kappa shape index (κ2) is 6.73. The van der Waals surface area contributed by atoms with Gasteiger partial charge in [-0.05, 0) is 40.3 Å². The van der Waals surface area contributed by atoms with Gasteiger partial charge in [0.2, 0.25) is 0 Å². The number of nitrogens with zero attached hydrogens (tertiary/aromatic N) is 1. The van der Waals surface area contributed by atoms with Crippen molar-refractivity contribution in [3.8, 4) is 16.9 Å². The van der Waals surface area contributed by atoms with E-state index >= 15 is 0 Å². The highest BCUT2D eigenvalue weighted by molar-refractivity contribution is 5.66. The molecule has 0 spiro atoms. The van der Waals surface area contributed by atoms with E-state index in [1.165, 1.54) is 4.90 Å². The monoisotopic (exact) mass is 313 g/mol. The number of amides is 1. The molecule has 0 unspecified atom stereocenters. The molecule has 0 aliphatic rings. The van der Waals surface area contributed by atoms with E-state index in [0.717, 1.165) is 16.7 Å². The smallest absolute Gasteiger partial charge is 0.407 e. The molecule has 2 N–H and O–H groups in total. The van der Waals surface area contributed by atoms with Gasteiger partial charge >= 0.3 is 6.09 Å². The van der Waals surface area contributed by atoms with Gasteiger partial charge < -0.3 is 15.1 Å². The number of hydrogen-bond donors (Lipinski definition) is 2. The van der Waals surface area contributed by atoms with Crippen LogP contribution in [0.25, 0.3) is 11.1 Å². The zero-order chi connectivity index (χ0) is 17.0. The minimum absolute atomic E-state index is 0.0903. The normalized spacial score (nSPS) is 11.3. The lowest BCUT2D eigenvalue weighted by atomic mass is 9.96. The van der Waals surface area contributed by atoms with Crippen molar-refractivity contribution in [2.75, 3.05) is 6.54 Å². The molecule has 1 amide bonds. The van der Waals surface area contributed by atoms with E-state index < -0.39 is 6.09 Å². The number of carboxylic acid groups (broad SMARTS) is 1. The molecule has 0 aliphatic heterocycles. The van der Waals surface area contributed by atoms with Crippen LogP contribution in [0, 0.1) is 5.41 Å². The molecule has 4 nitrogen and oxygen atoms in total. The van der Waals surface area contributed by atoms with Gasteiger partial charge in [0.25, 0.3) is 0 Å². The molecular weight excluding hydrogens is 290 g/mol. The van der Waals surface area contributed by atoms with Gasteiger partial charge in [0, 0.05) is 13.1 Å². The highest BCUT2D eigenvalue weighted by Gasteiger charge is 2.20. The summed E-state index contributed by atoms with van der Waals surface area (Å²) in [6.07, 6.45) is -0.907. The van der Waals surface area contributed by atoms with E-state index in [9.17, 15) is 15.0 Å². The minimum Gasteiger partial charge on any atom is -0.508 e. The van der Waals surface area contributed by atoms with E-state index in [1.807, 2.05) is 57.2 Å². The van der Waals surface area contributed by atoms with Crippen molar-refractivity contribution in [1.29, 1.82) is 0 Å². The van der Waals surface area contributed by atoms with Gasteiger partial charge in [-0.15, -0.1) is 0 Å². The zero-order valence-electron chi connectivity index (χ0n) is 13.8. The summed E-state index contributed by atoms with van der Waals surface area (Å²) in [5.74, 6) is 0.229. The Balaban J connectivity index is 2.21. The zero-order valence-corrected chi connectivity index (χ0v) is 13.8. The van der Waals surface area contributed by atoms with E-state index in [4.69, 9.17) is 0 Å². The average molecular weight is 313 g/mol. The van der Waals surface area contributed by atoms with E-state index in [2.05, 4.69) is 0 Å². The first-order valence-corrected chi connectivity index (χ1v) is 7.61. The molecule has 2 aromatic rings. The third kappa shape index (κ3) is 5.02. The van der Waals surface area contributed by atoms with Crippen LogP contribution in [0.4, 0.5) is 4.79 Å². The summed E-state index contributed by atoms with van der Waals surface area (Å²) in [6.45, 7) is 6.91. The molecule has 0 saturated carbocycles. The molecule has 0 aromatic heterocycles. The van der Waals surface area contributed by atoms with Crippen molar-refractivity contribution in [3.05, 3.63) is 54.1 Å². The summed E-state index contributed by atoms with van der Waals surface area (Å²) in [7, 11) is 0. The Bertz CT molecular complexity index is 672. The number of hydrogen-bond acceptors (Lipinski definition) is 2. The molecule has 4 heteroatoms. The Morgan fingerprint density at radius 2 is 1.70 bits per heavy atom. The van der Waals surface area contributed by atoms with Crippen LogP contribution in [0.1, 0.15) is 26.3 Å². The third-order valence-corrected chi connectivity index (χ3v) is 3.44. The molecule has 2 rings (SSSR count). The highest BCUT2D eigenvalue weighted by atomic mass is 16.4. The molecule has 0 atom stereocenters. The lowest BCUT2D eigenvalue weighted by Crippen LogP contribution is -2.36. The number of aromatic hydroxyl groups is 1. The molecule has 0 bridgehead atoms. The summed E-state index contributed by atoms with van der Waals surface area (Å²) < 4.78 is 0. The first-order chi connectivity index (χ1) is 10.7. The molecular formula is C19H23NO3. The van der Waals surface area contributed by atoms with Gasteiger partial charge in [-0.25, -0.2) is 4.79 Å². The Hall–Kier alpha value is -2.49. The maximum atomic E-state index is 11.5. The fourth-order valence-electron chi connectivity index (χ4n) is 2.49. The van der Waals surface area contributed by atoms with E-state index in [-0.39, 0.29) is 11.2 Å².